The van der Waals surface area contributed by atoms with Gasteiger partial charge in [-0.3, -0.25) is 4.79 Å². The summed E-state index contributed by atoms with van der Waals surface area (Å²) in [4.78, 5) is 11.5. The maximum atomic E-state index is 11.5. The van der Waals surface area contributed by atoms with Crippen LogP contribution in [0.1, 0.15) is 29.3 Å². The van der Waals surface area contributed by atoms with Crippen LogP contribution in [0.25, 0.3) is 0 Å². The standard InChI is InChI=1S/C16H16O3/c1-2-14(17)13-8-9-16(15(18)10-13)19-11-12-6-4-3-5-7-12/h3-10,18H,2,11H2,1H3. The van der Waals surface area contributed by atoms with E-state index >= 15 is 0 Å². The van der Waals surface area contributed by atoms with E-state index in [1.807, 2.05) is 30.3 Å². The third-order valence-corrected chi connectivity index (χ3v) is 2.84. The van der Waals surface area contributed by atoms with Crippen molar-refractivity contribution in [3.8, 4) is 11.5 Å². The number of hydrogen-bond donors (Lipinski definition) is 1. The van der Waals surface area contributed by atoms with E-state index in [-0.39, 0.29) is 11.5 Å². The fourth-order valence-electron chi connectivity index (χ4n) is 1.75. The summed E-state index contributed by atoms with van der Waals surface area (Å²) < 4.78 is 5.53. The summed E-state index contributed by atoms with van der Waals surface area (Å²) >= 11 is 0. The highest BCUT2D eigenvalue weighted by Gasteiger charge is 2.08. The van der Waals surface area contributed by atoms with Gasteiger partial charge in [0.05, 0.1) is 0 Å². The van der Waals surface area contributed by atoms with Crippen molar-refractivity contribution in [2.45, 2.75) is 20.0 Å². The van der Waals surface area contributed by atoms with Crippen LogP contribution in [0.5, 0.6) is 11.5 Å². The number of aromatic hydroxyl groups is 1. The number of Topliss-reactive ketones (excluding diaryl/α,β-unsaturated/α-hetero) is 1. The Kier molecular flexibility index (Phi) is 4.18. The van der Waals surface area contributed by atoms with E-state index < -0.39 is 0 Å². The lowest BCUT2D eigenvalue weighted by Gasteiger charge is -2.09. The van der Waals surface area contributed by atoms with Crippen molar-refractivity contribution < 1.29 is 14.6 Å². The van der Waals surface area contributed by atoms with E-state index in [1.54, 1.807) is 19.1 Å². The van der Waals surface area contributed by atoms with Gasteiger partial charge in [0.1, 0.15) is 6.61 Å². The largest absolute Gasteiger partial charge is 0.504 e. The molecule has 0 heterocycles. The molecule has 19 heavy (non-hydrogen) atoms. The zero-order valence-corrected chi connectivity index (χ0v) is 10.8. The molecule has 0 saturated carbocycles. The summed E-state index contributed by atoms with van der Waals surface area (Å²) in [6, 6.07) is 14.5. The number of ether oxygens (including phenoxy) is 1. The Morgan fingerprint density at radius 3 is 2.53 bits per heavy atom. The van der Waals surface area contributed by atoms with Crippen molar-refractivity contribution in [3.63, 3.8) is 0 Å². The maximum Gasteiger partial charge on any atom is 0.162 e. The molecule has 0 radical (unpaired) electrons. The summed E-state index contributed by atoms with van der Waals surface area (Å²) in [5.74, 6) is 0.386. The predicted octanol–water partition coefficient (Wildman–Crippen LogP) is 3.56. The van der Waals surface area contributed by atoms with Crippen LogP contribution in [0.15, 0.2) is 48.5 Å². The number of rotatable bonds is 5. The molecule has 2 aromatic rings. The zero-order chi connectivity index (χ0) is 13.7. The Morgan fingerprint density at radius 2 is 1.89 bits per heavy atom. The van der Waals surface area contributed by atoms with Gasteiger partial charge >= 0.3 is 0 Å². The van der Waals surface area contributed by atoms with Gasteiger partial charge in [0.2, 0.25) is 0 Å². The van der Waals surface area contributed by atoms with Crippen LogP contribution in [0, 0.1) is 0 Å². The highest BCUT2D eigenvalue weighted by molar-refractivity contribution is 5.96. The van der Waals surface area contributed by atoms with Crippen molar-refractivity contribution >= 4 is 5.78 Å². The molecule has 0 fully saturated rings. The lowest BCUT2D eigenvalue weighted by Crippen LogP contribution is -1.98. The van der Waals surface area contributed by atoms with Crippen LogP contribution < -0.4 is 4.74 Å². The van der Waals surface area contributed by atoms with Gasteiger partial charge in [0, 0.05) is 12.0 Å². The molecule has 0 bridgehead atoms. The SMILES string of the molecule is CCC(=O)c1ccc(OCc2ccccc2)c(O)c1. The van der Waals surface area contributed by atoms with Crippen molar-refractivity contribution in [2.24, 2.45) is 0 Å². The Balaban J connectivity index is 2.07. The molecule has 3 nitrogen and oxygen atoms in total. The maximum absolute atomic E-state index is 11.5. The molecule has 0 unspecified atom stereocenters. The van der Waals surface area contributed by atoms with Crippen LogP contribution in [0.2, 0.25) is 0 Å². The Labute approximate surface area is 112 Å². The molecule has 0 aliphatic rings. The lowest BCUT2D eigenvalue weighted by molar-refractivity contribution is 0.0987. The molecule has 2 rings (SSSR count). The van der Waals surface area contributed by atoms with Crippen LogP contribution in [0.4, 0.5) is 0 Å². The minimum atomic E-state index is -0.00442. The fraction of sp³-hybridized carbons (Fsp3) is 0.188. The molecule has 0 saturated heterocycles. The predicted molar refractivity (Wildman–Crippen MR) is 73.5 cm³/mol. The summed E-state index contributed by atoms with van der Waals surface area (Å²) in [5.41, 5.74) is 1.53. The normalized spacial score (nSPS) is 10.2. The average molecular weight is 256 g/mol. The molecule has 0 amide bonds. The van der Waals surface area contributed by atoms with Crippen molar-refractivity contribution in [1.29, 1.82) is 0 Å². The van der Waals surface area contributed by atoms with Crippen LogP contribution in [0.3, 0.4) is 0 Å². The van der Waals surface area contributed by atoms with Gasteiger partial charge in [0.25, 0.3) is 0 Å². The number of phenols is 1. The number of carbonyl (C=O) groups is 1. The second kappa shape index (κ2) is 6.05. The Hall–Kier alpha value is -2.29. The van der Waals surface area contributed by atoms with Crippen molar-refractivity contribution in [1.82, 2.24) is 0 Å². The first-order valence-corrected chi connectivity index (χ1v) is 6.23. The van der Waals surface area contributed by atoms with Gasteiger partial charge in [0.15, 0.2) is 17.3 Å². The molecule has 98 valence electrons. The van der Waals surface area contributed by atoms with E-state index in [0.717, 1.165) is 5.56 Å². The van der Waals surface area contributed by atoms with Crippen LogP contribution >= 0.6 is 0 Å². The summed E-state index contributed by atoms with van der Waals surface area (Å²) in [5, 5.41) is 9.84. The first-order valence-electron chi connectivity index (χ1n) is 6.23. The van der Waals surface area contributed by atoms with E-state index in [9.17, 15) is 9.90 Å². The van der Waals surface area contributed by atoms with Gasteiger partial charge in [-0.15, -0.1) is 0 Å². The quantitative estimate of drug-likeness (QED) is 0.832. The molecule has 0 atom stereocenters. The average Bonchev–Trinajstić information content (AvgIpc) is 2.46. The molecule has 1 N–H and O–H groups in total. The van der Waals surface area contributed by atoms with Gasteiger partial charge in [-0.25, -0.2) is 0 Å². The fourth-order valence-corrected chi connectivity index (χ4v) is 1.75. The van der Waals surface area contributed by atoms with Gasteiger partial charge in [-0.2, -0.15) is 0 Å². The van der Waals surface area contributed by atoms with Gasteiger partial charge in [-0.1, -0.05) is 37.3 Å². The topological polar surface area (TPSA) is 46.5 Å². The summed E-state index contributed by atoms with van der Waals surface area (Å²) in [6.45, 7) is 2.18. The van der Waals surface area contributed by atoms with E-state index in [2.05, 4.69) is 0 Å². The number of ketones is 1. The molecule has 0 aromatic heterocycles. The molecular formula is C16H16O3. The van der Waals surface area contributed by atoms with Crippen molar-refractivity contribution in [2.75, 3.05) is 0 Å². The first kappa shape index (κ1) is 13.1. The number of benzene rings is 2. The van der Waals surface area contributed by atoms with Crippen LogP contribution in [-0.4, -0.2) is 10.9 Å². The van der Waals surface area contributed by atoms with E-state index in [1.165, 1.54) is 6.07 Å². The second-order valence-electron chi connectivity index (χ2n) is 4.23. The molecule has 0 aliphatic carbocycles. The second-order valence-corrected chi connectivity index (χ2v) is 4.23. The zero-order valence-electron chi connectivity index (χ0n) is 10.8. The summed E-state index contributed by atoms with van der Waals surface area (Å²) in [6.07, 6.45) is 0.420. The van der Waals surface area contributed by atoms with E-state index in [4.69, 9.17) is 4.74 Å². The molecular weight excluding hydrogens is 240 g/mol. The van der Waals surface area contributed by atoms with Crippen molar-refractivity contribution in [3.05, 3.63) is 59.7 Å². The third kappa shape index (κ3) is 3.35. The van der Waals surface area contributed by atoms with Gasteiger partial charge < -0.3 is 9.84 Å². The number of phenolic OH excluding ortho intramolecular Hbond substituents is 1. The highest BCUT2D eigenvalue weighted by atomic mass is 16.5. The Morgan fingerprint density at radius 1 is 1.16 bits per heavy atom. The number of carbonyl (C=O) groups excluding carboxylic acids is 1. The molecule has 3 heteroatoms. The van der Waals surface area contributed by atoms with Crippen LogP contribution in [-0.2, 0) is 6.61 Å². The molecule has 0 spiro atoms. The van der Waals surface area contributed by atoms with Gasteiger partial charge in [-0.05, 0) is 23.8 Å². The molecule has 2 aromatic carbocycles. The molecule has 0 aliphatic heterocycles. The third-order valence-electron chi connectivity index (χ3n) is 2.84. The lowest BCUT2D eigenvalue weighted by atomic mass is 10.1. The monoisotopic (exact) mass is 256 g/mol. The smallest absolute Gasteiger partial charge is 0.162 e. The minimum absolute atomic E-state index is 0.00442. The number of hydrogen-bond acceptors (Lipinski definition) is 3. The summed E-state index contributed by atoms with van der Waals surface area (Å²) in [7, 11) is 0. The Bertz CT molecular complexity index is 561. The minimum Gasteiger partial charge on any atom is -0.504 e. The first-order chi connectivity index (χ1) is 9.20. The van der Waals surface area contributed by atoms with E-state index in [0.29, 0.717) is 24.3 Å². The highest BCUT2D eigenvalue weighted by Crippen LogP contribution is 2.28.